The third-order valence-corrected chi connectivity index (χ3v) is 23.3. The topological polar surface area (TPSA) is 302 Å². The zero-order valence-corrected chi connectivity index (χ0v) is 65.2. The molecule has 0 saturated heterocycles. The number of phenolic OH excluding ortho intramolecular Hbond substituents is 2. The Kier molecular flexibility index (Phi) is 34.7. The highest BCUT2D eigenvalue weighted by Gasteiger charge is 2.29. The van der Waals surface area contributed by atoms with E-state index < -0.39 is 78.7 Å². The number of nitrogens with zero attached hydrogens (tertiary/aromatic N) is 5. The predicted molar refractivity (Wildman–Crippen MR) is 424 cm³/mol. The van der Waals surface area contributed by atoms with Gasteiger partial charge in [-0.1, -0.05) is 249 Å². The predicted octanol–water partition coefficient (Wildman–Crippen LogP) is 21.5. The number of esters is 1. The van der Waals surface area contributed by atoms with Gasteiger partial charge in [-0.15, -0.1) is 10.2 Å². The molecular weight excluding hydrogens is 1400 g/mol. The Labute approximate surface area is 628 Å². The Morgan fingerprint density at radius 1 is 0.472 bits per heavy atom. The lowest BCUT2D eigenvalue weighted by atomic mass is 10.0. The van der Waals surface area contributed by atoms with Crippen molar-refractivity contribution in [3.63, 3.8) is 0 Å². The van der Waals surface area contributed by atoms with Crippen molar-refractivity contribution in [2.45, 2.75) is 248 Å². The van der Waals surface area contributed by atoms with Gasteiger partial charge in [-0.2, -0.15) is 0 Å². The Balaban J connectivity index is 1.12. The molecule has 0 atom stereocenters. The number of sulfone groups is 1. The summed E-state index contributed by atoms with van der Waals surface area (Å²) in [5.41, 5.74) is -1.48. The molecule has 2 amide bonds. The third-order valence-electron chi connectivity index (χ3n) is 19.4. The number of ether oxygens (including phenoxy) is 1. The number of nitro benzene ring substituents is 1. The number of benzene rings is 7. The van der Waals surface area contributed by atoms with Gasteiger partial charge >= 0.3 is 5.97 Å². The second-order valence-corrected chi connectivity index (χ2v) is 33.0. The first-order chi connectivity index (χ1) is 51.0. The van der Waals surface area contributed by atoms with E-state index >= 15 is 0 Å². The van der Waals surface area contributed by atoms with E-state index in [1.807, 2.05) is 0 Å². The molecule has 7 rings (SSSR count). The van der Waals surface area contributed by atoms with E-state index in [1.165, 1.54) is 220 Å². The zero-order chi connectivity index (χ0) is 76.5. The largest absolute Gasteiger partial charge is 0.506 e. The van der Waals surface area contributed by atoms with Gasteiger partial charge in [0.2, 0.25) is 0 Å². The van der Waals surface area contributed by atoms with Crippen LogP contribution in [0.5, 0.6) is 11.5 Å². The molecule has 0 heterocycles. The third kappa shape index (κ3) is 25.3. The number of fused-ring (bicyclic) bond motifs is 2. The number of nitrogens with one attached hydrogen (secondary N) is 2. The molecule has 0 bridgehead atoms. The minimum Gasteiger partial charge on any atom is -0.506 e. The first kappa shape index (κ1) is 84.8. The number of hydrogen-bond donors (Lipinski definition) is 4. The van der Waals surface area contributed by atoms with Crippen molar-refractivity contribution in [1.82, 2.24) is 4.90 Å². The molecule has 7 aromatic carbocycles. The molecule has 4 N–H and O–H groups in total. The maximum absolute atomic E-state index is 15.0. The number of carbonyl (C=O) groups excluding carboxylic acids is 3. The number of unbranched alkanes of at least 4 members (excludes halogenated alkanes) is 30. The van der Waals surface area contributed by atoms with Gasteiger partial charge in [-0.05, 0) is 93.4 Å². The number of non-ortho nitro benzene ring substituents is 1. The van der Waals surface area contributed by atoms with Crippen molar-refractivity contribution >= 4 is 103 Å². The molecule has 21 nitrogen and oxygen atoms in total. The van der Waals surface area contributed by atoms with Crippen LogP contribution in [0.1, 0.15) is 264 Å². The van der Waals surface area contributed by atoms with Crippen LogP contribution in [-0.4, -0.2) is 95.6 Å². The van der Waals surface area contributed by atoms with Crippen LogP contribution in [0.4, 0.5) is 34.1 Å². The minimum absolute atomic E-state index is 0.0286. The fourth-order valence-electron chi connectivity index (χ4n) is 13.5. The summed E-state index contributed by atoms with van der Waals surface area (Å²) in [5.74, 6) is -2.76. The smallest absolute Gasteiger partial charge is 0.338 e. The summed E-state index contributed by atoms with van der Waals surface area (Å²) in [4.78, 5) is 54.6. The zero-order valence-electron chi connectivity index (χ0n) is 62.8. The first-order valence-electron chi connectivity index (χ1n) is 38.5. The number of anilines is 3. The Morgan fingerprint density at radius 3 is 1.38 bits per heavy atom. The molecule has 0 aromatic heterocycles. The number of hydrogen-bond acceptors (Lipinski definition) is 16. The van der Waals surface area contributed by atoms with Gasteiger partial charge in [0.25, 0.3) is 37.5 Å². The number of carbonyl (C=O) groups is 3. The number of amides is 2. The molecule has 24 heteroatoms. The van der Waals surface area contributed by atoms with Gasteiger partial charge in [-0.25, -0.2) is 30.0 Å². The van der Waals surface area contributed by atoms with Crippen LogP contribution in [0.3, 0.4) is 0 Å². The standard InChI is InChI=1S/C82H111N7O14S3/c1-6-10-12-14-16-18-20-22-24-26-28-30-32-34-36-40-56-87(57-41-37-35-33-31-29-27-25-23-21-19-17-15-13-11-7-2)80(92)70-60-74(67-46-38-39-47-68(67)78(70)90)86-106(101,102)66-45-42-44-65(59-66)105(99,100)85-73-49-43-48-69-77(73)75(84-83-72-55-54-64(89(95)96)58-76(72)104(5,97)98)61-71(79(69)91)81(93)88(8-3)63-52-50-62(51-53-63)82(94)103-9-4/h38-39,42-55,58-61,85-86,90-91H,6-37,40-41,56-57H2,1-5H3. The lowest BCUT2D eigenvalue weighted by Crippen LogP contribution is -2.33. The summed E-state index contributed by atoms with van der Waals surface area (Å²) >= 11 is 0. The Morgan fingerprint density at radius 2 is 0.906 bits per heavy atom. The van der Waals surface area contributed by atoms with Crippen LogP contribution in [0.2, 0.25) is 0 Å². The van der Waals surface area contributed by atoms with Crippen molar-refractivity contribution in [2.75, 3.05) is 46.8 Å². The van der Waals surface area contributed by atoms with Crippen molar-refractivity contribution < 1.29 is 59.5 Å². The quantitative estimate of drug-likeness (QED) is 0.00688. The van der Waals surface area contributed by atoms with Crippen molar-refractivity contribution in [2.24, 2.45) is 10.2 Å². The van der Waals surface area contributed by atoms with E-state index in [2.05, 4.69) is 33.5 Å². The van der Waals surface area contributed by atoms with Crippen molar-refractivity contribution in [3.8, 4) is 11.5 Å². The van der Waals surface area contributed by atoms with Gasteiger partial charge in [0.15, 0.2) is 9.84 Å². The number of aromatic hydroxyl groups is 2. The molecule has 0 fully saturated rings. The van der Waals surface area contributed by atoms with E-state index in [-0.39, 0.29) is 79.9 Å². The van der Waals surface area contributed by atoms with Crippen LogP contribution < -0.4 is 14.3 Å². The van der Waals surface area contributed by atoms with E-state index in [0.717, 1.165) is 94.0 Å². The first-order valence-corrected chi connectivity index (χ1v) is 43.4. The van der Waals surface area contributed by atoms with Crippen molar-refractivity contribution in [3.05, 3.63) is 148 Å². The van der Waals surface area contributed by atoms with Crippen LogP contribution in [0, 0.1) is 10.1 Å². The Hall–Kier alpha value is -8.48. The highest BCUT2D eigenvalue weighted by molar-refractivity contribution is 7.93. The summed E-state index contributed by atoms with van der Waals surface area (Å²) < 4.78 is 95.5. The molecule has 0 radical (unpaired) electrons. The molecule has 0 saturated carbocycles. The second-order valence-electron chi connectivity index (χ2n) is 27.7. The second kappa shape index (κ2) is 43.4. The Bertz CT molecular complexity index is 4380. The summed E-state index contributed by atoms with van der Waals surface area (Å²) in [6.45, 7) is 8.88. The average Bonchev–Trinajstić information content (AvgIpc) is 0.761. The molecule has 7 aromatic rings. The molecule has 0 aliphatic heterocycles. The fraction of sp³-hybridized carbons (Fsp3) is 0.500. The van der Waals surface area contributed by atoms with Gasteiger partial charge in [-0.3, -0.25) is 29.1 Å². The maximum atomic E-state index is 15.0. The normalized spacial score (nSPS) is 11.9. The fourth-order valence-corrected chi connectivity index (χ4v) is 16.6. The molecule has 0 unspecified atom stereocenters. The summed E-state index contributed by atoms with van der Waals surface area (Å²) in [6.07, 6.45) is 39.5. The van der Waals surface area contributed by atoms with Gasteiger partial charge in [0.1, 0.15) is 22.1 Å². The highest BCUT2D eigenvalue weighted by atomic mass is 32.2. The lowest BCUT2D eigenvalue weighted by Gasteiger charge is -2.24. The van der Waals surface area contributed by atoms with E-state index in [1.54, 1.807) is 43.0 Å². The minimum atomic E-state index is -4.84. The number of nitro groups is 1. The molecule has 576 valence electrons. The average molecular weight is 1520 g/mol. The van der Waals surface area contributed by atoms with Crippen LogP contribution >= 0.6 is 0 Å². The van der Waals surface area contributed by atoms with E-state index in [4.69, 9.17) is 4.74 Å². The van der Waals surface area contributed by atoms with Crippen molar-refractivity contribution in [1.29, 1.82) is 0 Å². The molecule has 0 aliphatic carbocycles. The number of rotatable bonds is 50. The van der Waals surface area contributed by atoms with E-state index in [0.29, 0.717) is 18.8 Å². The number of sulfonamides is 2. The lowest BCUT2D eigenvalue weighted by molar-refractivity contribution is -0.385. The maximum Gasteiger partial charge on any atom is 0.338 e. The number of azo groups is 1. The summed E-state index contributed by atoms with van der Waals surface area (Å²) in [5, 5.41) is 44.5. The molecular formula is C82H111N7O14S3. The summed E-state index contributed by atoms with van der Waals surface area (Å²) in [7, 11) is -13.8. The number of phenols is 2. The SMILES string of the molecule is CCCCCCCCCCCCCCCCCCN(CCCCCCCCCCCCCCCCCC)C(=O)c1cc(NS(=O)(=O)c2cccc(S(=O)(=O)Nc3cccc4c(O)c(C(=O)N(CC)c5ccc(C(=O)OCC)cc5)cc(N=Nc5ccc([N+](=O)[O-])cc5S(C)(=O)=O)c34)c2)c2ccccc2c1O. The van der Waals surface area contributed by atoms with Gasteiger partial charge < -0.3 is 24.7 Å². The van der Waals surface area contributed by atoms with E-state index in [9.17, 15) is 60.0 Å². The van der Waals surface area contributed by atoms with Crippen LogP contribution in [-0.2, 0) is 34.6 Å². The van der Waals surface area contributed by atoms with Crippen LogP contribution in [0.15, 0.2) is 146 Å². The van der Waals surface area contributed by atoms with Gasteiger partial charge in [0, 0.05) is 65.3 Å². The van der Waals surface area contributed by atoms with Crippen LogP contribution in [0.25, 0.3) is 21.5 Å². The monoisotopic (exact) mass is 1510 g/mol. The highest BCUT2D eigenvalue weighted by Crippen LogP contribution is 2.44. The summed E-state index contributed by atoms with van der Waals surface area (Å²) in [6, 6.07) is 26.3. The van der Waals surface area contributed by atoms with Gasteiger partial charge in [0.05, 0.1) is 55.1 Å². The molecule has 0 aliphatic rings. The molecule has 106 heavy (non-hydrogen) atoms. The molecule has 0 spiro atoms.